The van der Waals surface area contributed by atoms with Crippen molar-refractivity contribution in [1.29, 1.82) is 0 Å². The van der Waals surface area contributed by atoms with E-state index in [1.165, 1.54) is 30.4 Å². The van der Waals surface area contributed by atoms with Crippen molar-refractivity contribution in [3.8, 4) is 0 Å². The molecule has 0 saturated carbocycles. The van der Waals surface area contributed by atoms with E-state index in [1.807, 2.05) is 5.32 Å². The summed E-state index contributed by atoms with van der Waals surface area (Å²) in [5.41, 5.74) is -0.105. The van der Waals surface area contributed by atoms with Crippen molar-refractivity contribution in [3.63, 3.8) is 0 Å². The number of benzene rings is 1. The molecule has 0 aliphatic carbocycles. The van der Waals surface area contributed by atoms with Gasteiger partial charge in [-0.1, -0.05) is 11.6 Å². The lowest BCUT2D eigenvalue weighted by molar-refractivity contribution is -0.127. The van der Waals surface area contributed by atoms with Gasteiger partial charge in [-0.15, -0.1) is 0 Å². The van der Waals surface area contributed by atoms with Crippen LogP contribution in [-0.2, 0) is 24.3 Å². The first-order valence-electron chi connectivity index (χ1n) is 9.14. The van der Waals surface area contributed by atoms with Gasteiger partial charge in [0.25, 0.3) is 5.91 Å². The second kappa shape index (κ2) is 9.73. The Balaban J connectivity index is 2.22. The minimum Gasteiger partial charge on any atom is -0.449 e. The first-order valence-corrected chi connectivity index (χ1v) is 11.0. The number of carbonyl (C=O) groups is 3. The summed E-state index contributed by atoms with van der Waals surface area (Å²) >= 11 is 6.11. The molecular weight excluding hydrogens is 438 g/mol. The highest BCUT2D eigenvalue weighted by Crippen LogP contribution is 2.28. The molecule has 1 heterocycles. The Labute approximate surface area is 179 Å². The minimum absolute atomic E-state index is 0.0521. The lowest BCUT2D eigenvalue weighted by Gasteiger charge is -2.34. The van der Waals surface area contributed by atoms with E-state index in [0.29, 0.717) is 0 Å². The largest absolute Gasteiger partial charge is 0.449 e. The maximum Gasteiger partial charge on any atom is 0.338 e. The standard InChI is InChI=1S/C18H24ClN3O7S/c1-10-8-22(9-11(2)28-10)30(26,27)15-7-13(5-6-14(15)19)17(24)29-12(3)16(23)21-18(25)20-4/h5-7,10-12H,8-9H2,1-4H3,(H2,20,21,23,25). The molecule has 1 aliphatic rings. The van der Waals surface area contributed by atoms with E-state index >= 15 is 0 Å². The van der Waals surface area contributed by atoms with Gasteiger partial charge in [0.15, 0.2) is 6.10 Å². The Morgan fingerprint density at radius 1 is 1.23 bits per heavy atom. The van der Waals surface area contributed by atoms with Crippen LogP contribution in [-0.4, -0.2) is 69.1 Å². The molecule has 1 aromatic carbocycles. The second-order valence-corrected chi connectivity index (χ2v) is 9.15. The van der Waals surface area contributed by atoms with Crippen molar-refractivity contribution in [1.82, 2.24) is 14.9 Å². The number of imide groups is 1. The topological polar surface area (TPSA) is 131 Å². The Hall–Kier alpha value is -2.21. The lowest BCUT2D eigenvalue weighted by atomic mass is 10.2. The fraction of sp³-hybridized carbons (Fsp3) is 0.500. The molecule has 0 radical (unpaired) electrons. The summed E-state index contributed by atoms with van der Waals surface area (Å²) in [7, 11) is -2.67. The van der Waals surface area contributed by atoms with Crippen LogP contribution in [0.3, 0.4) is 0 Å². The molecule has 3 unspecified atom stereocenters. The van der Waals surface area contributed by atoms with Crippen LogP contribution < -0.4 is 10.6 Å². The number of hydrogen-bond acceptors (Lipinski definition) is 7. The van der Waals surface area contributed by atoms with E-state index in [4.69, 9.17) is 21.1 Å². The van der Waals surface area contributed by atoms with Crippen LogP contribution >= 0.6 is 11.6 Å². The van der Waals surface area contributed by atoms with Gasteiger partial charge in [-0.3, -0.25) is 10.1 Å². The monoisotopic (exact) mass is 461 g/mol. The summed E-state index contributed by atoms with van der Waals surface area (Å²) in [5, 5.41) is 4.13. The van der Waals surface area contributed by atoms with Crippen molar-refractivity contribution in [2.75, 3.05) is 20.1 Å². The lowest BCUT2D eigenvalue weighted by Crippen LogP contribution is -2.48. The number of nitrogens with one attached hydrogen (secondary N) is 2. The third-order valence-electron chi connectivity index (χ3n) is 4.29. The number of rotatable bonds is 5. The zero-order valence-electron chi connectivity index (χ0n) is 17.0. The van der Waals surface area contributed by atoms with Crippen LogP contribution in [0.25, 0.3) is 0 Å². The fourth-order valence-corrected chi connectivity index (χ4v) is 4.94. The molecule has 2 N–H and O–H groups in total. The SMILES string of the molecule is CNC(=O)NC(=O)C(C)OC(=O)c1ccc(Cl)c(S(=O)(=O)N2CC(C)OC(C)C2)c1. The molecule has 3 amide bonds. The van der Waals surface area contributed by atoms with Gasteiger partial charge in [-0.25, -0.2) is 18.0 Å². The Morgan fingerprint density at radius 2 is 1.83 bits per heavy atom. The second-order valence-electron chi connectivity index (χ2n) is 6.84. The zero-order valence-corrected chi connectivity index (χ0v) is 18.5. The molecule has 0 spiro atoms. The fourth-order valence-electron chi connectivity index (χ4n) is 2.85. The van der Waals surface area contributed by atoms with Gasteiger partial charge in [0.2, 0.25) is 10.0 Å². The van der Waals surface area contributed by atoms with E-state index < -0.39 is 34.0 Å². The maximum atomic E-state index is 13.1. The summed E-state index contributed by atoms with van der Waals surface area (Å²) in [6, 6.07) is 2.91. The smallest absolute Gasteiger partial charge is 0.338 e. The van der Waals surface area contributed by atoms with Crippen molar-refractivity contribution in [2.45, 2.75) is 44.0 Å². The maximum absolute atomic E-state index is 13.1. The van der Waals surface area contributed by atoms with Gasteiger partial charge in [-0.2, -0.15) is 4.31 Å². The molecular formula is C18H24ClN3O7S. The van der Waals surface area contributed by atoms with Crippen LogP contribution in [0.5, 0.6) is 0 Å². The molecule has 10 nitrogen and oxygen atoms in total. The number of urea groups is 1. The predicted molar refractivity (Wildman–Crippen MR) is 108 cm³/mol. The highest BCUT2D eigenvalue weighted by Gasteiger charge is 2.34. The van der Waals surface area contributed by atoms with Gasteiger partial charge < -0.3 is 14.8 Å². The van der Waals surface area contributed by atoms with E-state index in [1.54, 1.807) is 13.8 Å². The molecule has 1 saturated heterocycles. The summed E-state index contributed by atoms with van der Waals surface area (Å²) in [4.78, 5) is 35.2. The number of amides is 3. The molecule has 1 fully saturated rings. The van der Waals surface area contributed by atoms with Crippen molar-refractivity contribution in [2.24, 2.45) is 0 Å². The van der Waals surface area contributed by atoms with E-state index in [9.17, 15) is 22.8 Å². The first-order chi connectivity index (χ1) is 13.9. The number of esters is 1. The molecule has 1 aliphatic heterocycles. The average Bonchev–Trinajstić information content (AvgIpc) is 2.67. The molecule has 30 heavy (non-hydrogen) atoms. The predicted octanol–water partition coefficient (Wildman–Crippen LogP) is 1.14. The van der Waals surface area contributed by atoms with Gasteiger partial charge in [0.05, 0.1) is 22.8 Å². The molecule has 0 bridgehead atoms. The zero-order chi connectivity index (χ0) is 22.6. The van der Waals surface area contributed by atoms with Gasteiger partial charge >= 0.3 is 12.0 Å². The molecule has 0 aromatic heterocycles. The normalized spacial score (nSPS) is 20.8. The number of morpholine rings is 1. The third-order valence-corrected chi connectivity index (χ3v) is 6.60. The van der Waals surface area contributed by atoms with Crippen LogP contribution in [0.1, 0.15) is 31.1 Å². The van der Waals surface area contributed by atoms with Crippen LogP contribution in [0.4, 0.5) is 4.79 Å². The van der Waals surface area contributed by atoms with Gasteiger partial charge in [0.1, 0.15) is 4.90 Å². The van der Waals surface area contributed by atoms with Crippen molar-refractivity contribution < 1.29 is 32.3 Å². The quantitative estimate of drug-likeness (QED) is 0.628. The Bertz CT molecular complexity index is 928. The van der Waals surface area contributed by atoms with E-state index in [-0.39, 0.29) is 40.8 Å². The minimum atomic E-state index is -4.00. The van der Waals surface area contributed by atoms with Crippen LogP contribution in [0, 0.1) is 0 Å². The summed E-state index contributed by atoms with van der Waals surface area (Å²) in [5.74, 6) is -1.77. The number of carbonyl (C=O) groups excluding carboxylic acids is 3. The number of hydrogen-bond donors (Lipinski definition) is 2. The Kier molecular flexibility index (Phi) is 7.81. The molecule has 12 heteroatoms. The highest BCUT2D eigenvalue weighted by atomic mass is 35.5. The summed E-state index contributed by atoms with van der Waals surface area (Å²) in [6.07, 6.45) is -1.88. The van der Waals surface area contributed by atoms with Crippen molar-refractivity contribution in [3.05, 3.63) is 28.8 Å². The average molecular weight is 462 g/mol. The first kappa shape index (κ1) is 24.1. The number of sulfonamides is 1. The molecule has 3 atom stereocenters. The van der Waals surface area contributed by atoms with Crippen LogP contribution in [0.15, 0.2) is 23.1 Å². The molecule has 1 aromatic rings. The number of nitrogens with zero attached hydrogens (tertiary/aromatic N) is 1. The molecule has 2 rings (SSSR count). The van der Waals surface area contributed by atoms with E-state index in [2.05, 4.69) is 5.32 Å². The highest BCUT2D eigenvalue weighted by molar-refractivity contribution is 7.89. The third kappa shape index (κ3) is 5.69. The van der Waals surface area contributed by atoms with Crippen LogP contribution in [0.2, 0.25) is 5.02 Å². The summed E-state index contributed by atoms with van der Waals surface area (Å²) in [6.45, 7) is 5.10. The van der Waals surface area contributed by atoms with E-state index in [0.717, 1.165) is 6.07 Å². The van der Waals surface area contributed by atoms with Gasteiger partial charge in [-0.05, 0) is 39.0 Å². The number of halogens is 1. The van der Waals surface area contributed by atoms with Crippen molar-refractivity contribution >= 4 is 39.5 Å². The van der Waals surface area contributed by atoms with Gasteiger partial charge in [0, 0.05) is 20.1 Å². The molecule has 166 valence electrons. The number of ether oxygens (including phenoxy) is 2. The Morgan fingerprint density at radius 3 is 2.40 bits per heavy atom. The summed E-state index contributed by atoms with van der Waals surface area (Å²) < 4.78 is 38.0.